The lowest BCUT2D eigenvalue weighted by atomic mass is 10.2. The molecule has 0 fully saturated rings. The van der Waals surface area contributed by atoms with Crippen LogP contribution in [0.1, 0.15) is 0 Å². The van der Waals surface area contributed by atoms with Gasteiger partial charge >= 0.3 is 0 Å². The van der Waals surface area contributed by atoms with E-state index >= 15 is 0 Å². The first-order chi connectivity index (χ1) is 3.85. The maximum absolute atomic E-state index is 8.32. The van der Waals surface area contributed by atoms with Gasteiger partial charge < -0.3 is 0 Å². The molecule has 1 atom stereocenters. The maximum Gasteiger partial charge on any atom is 0.0731 e. The normalized spacial score (nSPS) is 12.0. The minimum atomic E-state index is 0.0324. The third kappa shape index (κ3) is 2.70. The van der Waals surface area contributed by atoms with Gasteiger partial charge in [-0.2, -0.15) is 17.0 Å². The van der Waals surface area contributed by atoms with Gasteiger partial charge in [0.15, 0.2) is 0 Å². The molecule has 0 bridgehead atoms. The topological polar surface area (TPSA) is 23.8 Å². The van der Waals surface area contributed by atoms with Crippen molar-refractivity contribution in [3.63, 3.8) is 0 Å². The van der Waals surface area contributed by atoms with E-state index in [0.29, 0.717) is 0 Å². The standard InChI is InChI=1S/C6H9NS/c1-3-6(4-7)5-8-2/h3,6H,1,5H2,2H3. The molecule has 0 radical (unpaired) electrons. The smallest absolute Gasteiger partial charge is 0.0731 e. The molecule has 8 heavy (non-hydrogen) atoms. The minimum absolute atomic E-state index is 0.0324. The van der Waals surface area contributed by atoms with Crippen LogP contribution in [0.4, 0.5) is 0 Å². The third-order valence-corrected chi connectivity index (χ3v) is 1.49. The summed E-state index contributed by atoms with van der Waals surface area (Å²) in [4.78, 5) is 0. The highest BCUT2D eigenvalue weighted by molar-refractivity contribution is 7.98. The van der Waals surface area contributed by atoms with Gasteiger partial charge in [-0.25, -0.2) is 0 Å². The Morgan fingerprint density at radius 3 is 2.75 bits per heavy atom. The number of rotatable bonds is 3. The summed E-state index contributed by atoms with van der Waals surface area (Å²) in [5.74, 6) is 0.894. The molecule has 0 rings (SSSR count). The van der Waals surface area contributed by atoms with Gasteiger partial charge in [0.1, 0.15) is 0 Å². The predicted octanol–water partition coefficient (Wildman–Crippen LogP) is 1.68. The Morgan fingerprint density at radius 2 is 2.62 bits per heavy atom. The maximum atomic E-state index is 8.32. The number of nitrogens with zero attached hydrogens (tertiary/aromatic N) is 1. The highest BCUT2D eigenvalue weighted by Crippen LogP contribution is 2.03. The van der Waals surface area contributed by atoms with Crippen LogP contribution >= 0.6 is 11.8 Å². The number of hydrogen-bond acceptors (Lipinski definition) is 2. The lowest BCUT2D eigenvalue weighted by Crippen LogP contribution is -1.93. The molecule has 0 saturated carbocycles. The molecule has 0 aromatic heterocycles. The van der Waals surface area contributed by atoms with Crippen LogP contribution in [0, 0.1) is 17.2 Å². The largest absolute Gasteiger partial charge is 0.198 e. The second-order valence-corrected chi connectivity index (χ2v) is 2.34. The van der Waals surface area contributed by atoms with E-state index in [-0.39, 0.29) is 5.92 Å². The van der Waals surface area contributed by atoms with E-state index in [1.54, 1.807) is 17.8 Å². The van der Waals surface area contributed by atoms with Crippen LogP contribution in [0.15, 0.2) is 12.7 Å². The van der Waals surface area contributed by atoms with Crippen molar-refractivity contribution in [3.05, 3.63) is 12.7 Å². The zero-order chi connectivity index (χ0) is 6.41. The molecule has 0 spiro atoms. The second kappa shape index (κ2) is 4.73. The van der Waals surface area contributed by atoms with Crippen LogP contribution in [0.25, 0.3) is 0 Å². The van der Waals surface area contributed by atoms with E-state index in [0.717, 1.165) is 5.75 Å². The van der Waals surface area contributed by atoms with Crippen molar-refractivity contribution >= 4 is 11.8 Å². The molecule has 0 aliphatic rings. The highest BCUT2D eigenvalue weighted by Gasteiger charge is 1.96. The highest BCUT2D eigenvalue weighted by atomic mass is 32.2. The Kier molecular flexibility index (Phi) is 4.48. The van der Waals surface area contributed by atoms with Gasteiger partial charge in [0.25, 0.3) is 0 Å². The van der Waals surface area contributed by atoms with Crippen molar-refractivity contribution in [1.82, 2.24) is 0 Å². The van der Waals surface area contributed by atoms with Gasteiger partial charge in [0.05, 0.1) is 12.0 Å². The van der Waals surface area contributed by atoms with E-state index < -0.39 is 0 Å². The monoisotopic (exact) mass is 127 g/mol. The molecule has 0 aromatic carbocycles. The van der Waals surface area contributed by atoms with E-state index in [9.17, 15) is 0 Å². The van der Waals surface area contributed by atoms with Crippen LogP contribution in [0.5, 0.6) is 0 Å². The Bertz CT molecular complexity index is 104. The molecule has 0 amide bonds. The van der Waals surface area contributed by atoms with E-state index in [4.69, 9.17) is 5.26 Å². The average Bonchev–Trinajstić information content (AvgIpc) is 1.83. The summed E-state index contributed by atoms with van der Waals surface area (Å²) in [7, 11) is 0. The molecule has 1 unspecified atom stereocenters. The molecule has 0 aliphatic heterocycles. The zero-order valence-electron chi connectivity index (χ0n) is 4.92. The van der Waals surface area contributed by atoms with Gasteiger partial charge in [-0.05, 0) is 6.26 Å². The zero-order valence-corrected chi connectivity index (χ0v) is 5.74. The fourth-order valence-corrected chi connectivity index (χ4v) is 0.907. The lowest BCUT2D eigenvalue weighted by Gasteiger charge is -1.95. The molecule has 0 aromatic rings. The number of hydrogen-bond donors (Lipinski definition) is 0. The first-order valence-electron chi connectivity index (χ1n) is 2.36. The predicted molar refractivity (Wildman–Crippen MR) is 37.7 cm³/mol. The van der Waals surface area contributed by atoms with Gasteiger partial charge in [0, 0.05) is 5.75 Å². The summed E-state index contributed by atoms with van der Waals surface area (Å²) in [6, 6.07) is 2.11. The van der Waals surface area contributed by atoms with Gasteiger partial charge in [-0.3, -0.25) is 0 Å². The Morgan fingerprint density at radius 1 is 2.00 bits per heavy atom. The quantitative estimate of drug-likeness (QED) is 0.538. The minimum Gasteiger partial charge on any atom is -0.198 e. The summed E-state index contributed by atoms with van der Waals surface area (Å²) in [5, 5.41) is 8.32. The molecule has 0 N–H and O–H groups in total. The summed E-state index contributed by atoms with van der Waals surface area (Å²) in [6.07, 6.45) is 3.66. The van der Waals surface area contributed by atoms with Crippen molar-refractivity contribution in [2.24, 2.45) is 5.92 Å². The van der Waals surface area contributed by atoms with E-state index in [2.05, 4.69) is 12.6 Å². The van der Waals surface area contributed by atoms with Gasteiger partial charge in [0.2, 0.25) is 0 Å². The van der Waals surface area contributed by atoms with Crippen LogP contribution < -0.4 is 0 Å². The molecule has 1 nitrogen and oxygen atoms in total. The van der Waals surface area contributed by atoms with Gasteiger partial charge in [-0.15, -0.1) is 6.58 Å². The first kappa shape index (κ1) is 7.58. The van der Waals surface area contributed by atoms with Crippen molar-refractivity contribution < 1.29 is 0 Å². The fourth-order valence-electron chi connectivity index (χ4n) is 0.338. The molecule has 0 aliphatic carbocycles. The summed E-state index contributed by atoms with van der Waals surface area (Å²) >= 11 is 1.67. The summed E-state index contributed by atoms with van der Waals surface area (Å²) in [6.45, 7) is 3.51. The second-order valence-electron chi connectivity index (χ2n) is 1.43. The first-order valence-corrected chi connectivity index (χ1v) is 3.75. The van der Waals surface area contributed by atoms with Crippen LogP contribution in [0.3, 0.4) is 0 Å². The fraction of sp³-hybridized carbons (Fsp3) is 0.500. The van der Waals surface area contributed by atoms with Crippen LogP contribution in [-0.2, 0) is 0 Å². The summed E-state index contributed by atoms with van der Waals surface area (Å²) < 4.78 is 0. The molecule has 2 heteroatoms. The SMILES string of the molecule is C=CC(C#N)CSC. The number of thioether (sulfide) groups is 1. The average molecular weight is 127 g/mol. The Hall–Kier alpha value is -0.420. The van der Waals surface area contributed by atoms with Crippen molar-refractivity contribution in [1.29, 1.82) is 5.26 Å². The molecular formula is C6H9NS. The van der Waals surface area contributed by atoms with E-state index in [1.807, 2.05) is 6.26 Å². The van der Waals surface area contributed by atoms with Crippen LogP contribution in [0.2, 0.25) is 0 Å². The Labute approximate surface area is 54.4 Å². The van der Waals surface area contributed by atoms with Crippen molar-refractivity contribution in [2.75, 3.05) is 12.0 Å². The van der Waals surface area contributed by atoms with E-state index in [1.165, 1.54) is 0 Å². The molecule has 0 saturated heterocycles. The lowest BCUT2D eigenvalue weighted by molar-refractivity contribution is 0.979. The Balaban J connectivity index is 3.40. The summed E-state index contributed by atoms with van der Waals surface area (Å²) in [5.41, 5.74) is 0. The van der Waals surface area contributed by atoms with Crippen LogP contribution in [-0.4, -0.2) is 12.0 Å². The van der Waals surface area contributed by atoms with Crippen molar-refractivity contribution in [3.8, 4) is 6.07 Å². The van der Waals surface area contributed by atoms with Gasteiger partial charge in [-0.1, -0.05) is 6.08 Å². The molecule has 0 heterocycles. The van der Waals surface area contributed by atoms with Crippen molar-refractivity contribution in [2.45, 2.75) is 0 Å². The molecular weight excluding hydrogens is 118 g/mol. The number of nitriles is 1. The molecule has 44 valence electrons. The third-order valence-electron chi connectivity index (χ3n) is 0.797. The number of allylic oxidation sites excluding steroid dienone is 1.